The van der Waals surface area contributed by atoms with Crippen LogP contribution < -0.4 is 4.74 Å². The van der Waals surface area contributed by atoms with Gasteiger partial charge in [0.1, 0.15) is 5.75 Å². The van der Waals surface area contributed by atoms with Gasteiger partial charge in [0.2, 0.25) is 0 Å². The molecule has 0 heterocycles. The van der Waals surface area contributed by atoms with Gasteiger partial charge in [-0.05, 0) is 48.7 Å². The van der Waals surface area contributed by atoms with E-state index in [1.807, 2.05) is 42.5 Å². The van der Waals surface area contributed by atoms with Crippen LogP contribution in [0.4, 0.5) is 0 Å². The summed E-state index contributed by atoms with van der Waals surface area (Å²) in [6.45, 7) is 0.931. The van der Waals surface area contributed by atoms with Crippen LogP contribution in [0.2, 0.25) is 0 Å². The number of carbonyl (C=O) groups is 2. The predicted molar refractivity (Wildman–Crippen MR) is 136 cm³/mol. The summed E-state index contributed by atoms with van der Waals surface area (Å²) >= 11 is 0. The van der Waals surface area contributed by atoms with E-state index in [9.17, 15) is 9.59 Å². The van der Waals surface area contributed by atoms with Crippen LogP contribution in [0, 0.1) is 0 Å². The Morgan fingerprint density at radius 1 is 0.676 bits per heavy atom. The van der Waals surface area contributed by atoms with Gasteiger partial charge < -0.3 is 9.84 Å². The van der Waals surface area contributed by atoms with Crippen molar-refractivity contribution in [2.45, 2.75) is 38.5 Å². The van der Waals surface area contributed by atoms with Crippen LogP contribution in [0.1, 0.15) is 70.4 Å². The molecule has 0 radical (unpaired) electrons. The van der Waals surface area contributed by atoms with Crippen LogP contribution in [0.25, 0.3) is 6.08 Å². The number of ether oxygens (including phenoxy) is 1. The van der Waals surface area contributed by atoms with Crippen molar-refractivity contribution >= 4 is 17.6 Å². The number of ketones is 2. The summed E-state index contributed by atoms with van der Waals surface area (Å²) in [6, 6.07) is 23.6. The Kier molecular flexibility index (Phi) is 10.3. The van der Waals surface area contributed by atoms with Crippen molar-refractivity contribution in [3.8, 4) is 5.75 Å². The third-order valence-corrected chi connectivity index (χ3v) is 5.60. The van der Waals surface area contributed by atoms with Crippen LogP contribution in [-0.4, -0.2) is 29.9 Å². The minimum Gasteiger partial charge on any atom is -0.494 e. The van der Waals surface area contributed by atoms with Gasteiger partial charge >= 0.3 is 0 Å². The number of benzene rings is 3. The molecule has 34 heavy (non-hydrogen) atoms. The van der Waals surface area contributed by atoms with E-state index < -0.39 is 0 Å². The van der Waals surface area contributed by atoms with Crippen molar-refractivity contribution in [1.82, 2.24) is 0 Å². The second-order valence-electron chi connectivity index (χ2n) is 8.23. The second-order valence-corrected chi connectivity index (χ2v) is 8.23. The van der Waals surface area contributed by atoms with Crippen LogP contribution in [0.3, 0.4) is 0 Å². The largest absolute Gasteiger partial charge is 0.494 e. The lowest BCUT2D eigenvalue weighted by molar-refractivity contribution is 0.103. The van der Waals surface area contributed by atoms with Gasteiger partial charge in [-0.25, -0.2) is 0 Å². The Hall–Kier alpha value is -3.50. The average Bonchev–Trinajstić information content (AvgIpc) is 2.89. The van der Waals surface area contributed by atoms with E-state index in [-0.39, 0.29) is 18.2 Å². The number of aliphatic hydroxyl groups excluding tert-OH is 1. The molecule has 0 amide bonds. The molecule has 3 rings (SSSR count). The zero-order valence-corrected chi connectivity index (χ0v) is 19.5. The first-order valence-corrected chi connectivity index (χ1v) is 11.9. The molecule has 0 aliphatic heterocycles. The molecule has 3 aromatic carbocycles. The van der Waals surface area contributed by atoms with Crippen molar-refractivity contribution in [3.63, 3.8) is 0 Å². The molecule has 0 aromatic heterocycles. The topological polar surface area (TPSA) is 63.6 Å². The van der Waals surface area contributed by atoms with E-state index >= 15 is 0 Å². The molecule has 3 aromatic rings. The van der Waals surface area contributed by atoms with Gasteiger partial charge in [0.25, 0.3) is 0 Å². The maximum absolute atomic E-state index is 12.8. The summed E-state index contributed by atoms with van der Waals surface area (Å²) < 4.78 is 5.78. The number of allylic oxidation sites excluding steroid dienone is 1. The van der Waals surface area contributed by atoms with Crippen molar-refractivity contribution in [3.05, 3.63) is 107 Å². The van der Waals surface area contributed by atoms with Gasteiger partial charge in [0.05, 0.1) is 6.61 Å². The first-order valence-electron chi connectivity index (χ1n) is 11.9. The first-order chi connectivity index (χ1) is 16.7. The highest BCUT2D eigenvalue weighted by molar-refractivity contribution is 6.10. The molecule has 0 saturated heterocycles. The Bertz CT molecular complexity index is 1050. The van der Waals surface area contributed by atoms with Crippen molar-refractivity contribution in [2.75, 3.05) is 13.2 Å². The molecule has 0 atom stereocenters. The molecular formula is C30H32O4. The maximum atomic E-state index is 12.8. The molecule has 1 N–H and O–H groups in total. The average molecular weight is 457 g/mol. The standard InChI is InChI=1S/C30H32O4/c31-22-8-3-1-2-4-9-23-34-28-19-17-27(18-20-28)30(33)26-15-13-25(14-16-26)29(32)21-12-24-10-6-5-7-11-24/h5-7,10-21,31H,1-4,8-9,22-23H2. The summed E-state index contributed by atoms with van der Waals surface area (Å²) in [5.74, 6) is 0.561. The van der Waals surface area contributed by atoms with Gasteiger partial charge in [0, 0.05) is 23.3 Å². The zero-order valence-electron chi connectivity index (χ0n) is 19.5. The van der Waals surface area contributed by atoms with Gasteiger partial charge in [-0.3, -0.25) is 9.59 Å². The van der Waals surface area contributed by atoms with Gasteiger partial charge in [-0.2, -0.15) is 0 Å². The summed E-state index contributed by atoms with van der Waals surface area (Å²) in [4.78, 5) is 25.2. The third kappa shape index (κ3) is 8.13. The number of hydrogen-bond donors (Lipinski definition) is 1. The minimum absolute atomic E-state index is 0.0896. The fourth-order valence-corrected chi connectivity index (χ4v) is 3.60. The molecule has 0 unspecified atom stereocenters. The molecule has 4 nitrogen and oxygen atoms in total. The zero-order chi connectivity index (χ0) is 24.0. The minimum atomic E-state index is -0.102. The molecule has 176 valence electrons. The number of aliphatic hydroxyl groups is 1. The number of carbonyl (C=O) groups excluding carboxylic acids is 2. The van der Waals surface area contributed by atoms with Crippen molar-refractivity contribution in [2.24, 2.45) is 0 Å². The Labute approximate surface area is 201 Å². The Balaban J connectivity index is 1.47. The van der Waals surface area contributed by atoms with Gasteiger partial charge in [0.15, 0.2) is 11.6 Å². The van der Waals surface area contributed by atoms with Crippen molar-refractivity contribution < 1.29 is 19.4 Å². The van der Waals surface area contributed by atoms with Crippen LogP contribution in [-0.2, 0) is 0 Å². The lowest BCUT2D eigenvalue weighted by Gasteiger charge is -2.07. The predicted octanol–water partition coefficient (Wildman–Crippen LogP) is 6.53. The monoisotopic (exact) mass is 456 g/mol. The highest BCUT2D eigenvalue weighted by Crippen LogP contribution is 2.17. The van der Waals surface area contributed by atoms with E-state index in [1.165, 1.54) is 0 Å². The fraction of sp³-hybridized carbons (Fsp3) is 0.267. The quantitative estimate of drug-likeness (QED) is 0.170. The summed E-state index contributed by atoms with van der Waals surface area (Å²) in [5.41, 5.74) is 2.63. The van der Waals surface area contributed by atoms with Gasteiger partial charge in [-0.15, -0.1) is 0 Å². The lowest BCUT2D eigenvalue weighted by Crippen LogP contribution is -2.03. The molecule has 0 fully saturated rings. The molecule has 0 aliphatic carbocycles. The third-order valence-electron chi connectivity index (χ3n) is 5.60. The number of rotatable bonds is 14. The second kappa shape index (κ2) is 13.9. The summed E-state index contributed by atoms with van der Waals surface area (Å²) in [6.07, 6.45) is 9.70. The molecule has 0 spiro atoms. The van der Waals surface area contributed by atoms with Crippen LogP contribution in [0.5, 0.6) is 5.75 Å². The highest BCUT2D eigenvalue weighted by Gasteiger charge is 2.10. The number of hydrogen-bond acceptors (Lipinski definition) is 4. The molecule has 0 saturated carbocycles. The van der Waals surface area contributed by atoms with E-state index in [2.05, 4.69) is 0 Å². The van der Waals surface area contributed by atoms with Gasteiger partial charge in [-0.1, -0.05) is 86.4 Å². The Morgan fingerprint density at radius 2 is 1.24 bits per heavy atom. The molecule has 0 bridgehead atoms. The molecular weight excluding hydrogens is 424 g/mol. The SMILES string of the molecule is O=C(C=Cc1ccccc1)c1ccc(C(=O)c2ccc(OCCCCCCCCO)cc2)cc1. The normalized spacial score (nSPS) is 11.0. The first kappa shape index (κ1) is 25.1. The van der Waals surface area contributed by atoms with E-state index in [1.54, 1.807) is 48.6 Å². The van der Waals surface area contributed by atoms with E-state index in [0.29, 0.717) is 23.3 Å². The highest BCUT2D eigenvalue weighted by atomic mass is 16.5. The lowest BCUT2D eigenvalue weighted by atomic mass is 10.0. The van der Waals surface area contributed by atoms with E-state index in [4.69, 9.17) is 9.84 Å². The maximum Gasteiger partial charge on any atom is 0.193 e. The summed E-state index contributed by atoms with van der Waals surface area (Å²) in [7, 11) is 0. The fourth-order valence-electron chi connectivity index (χ4n) is 3.60. The smallest absolute Gasteiger partial charge is 0.193 e. The van der Waals surface area contributed by atoms with E-state index in [0.717, 1.165) is 49.8 Å². The van der Waals surface area contributed by atoms with Crippen molar-refractivity contribution in [1.29, 1.82) is 0 Å². The van der Waals surface area contributed by atoms with Crippen LogP contribution >= 0.6 is 0 Å². The molecule has 0 aliphatic rings. The Morgan fingerprint density at radius 3 is 1.88 bits per heavy atom. The van der Waals surface area contributed by atoms with Crippen LogP contribution in [0.15, 0.2) is 84.9 Å². The molecule has 4 heteroatoms. The number of unbranched alkanes of at least 4 members (excludes halogenated alkanes) is 5. The summed E-state index contributed by atoms with van der Waals surface area (Å²) in [5, 5.41) is 8.78.